The van der Waals surface area contributed by atoms with Crippen LogP contribution in [0.25, 0.3) is 11.1 Å². The molecule has 0 bridgehead atoms. The number of sulfonamides is 1. The summed E-state index contributed by atoms with van der Waals surface area (Å²) in [5, 5.41) is 20.8. The van der Waals surface area contributed by atoms with Crippen LogP contribution in [-0.4, -0.2) is 43.2 Å². The fourth-order valence-corrected chi connectivity index (χ4v) is 5.18. The van der Waals surface area contributed by atoms with Gasteiger partial charge in [-0.1, -0.05) is 35.9 Å². The number of carbonyl (C=O) groups is 2. The third kappa shape index (κ3) is 5.82. The molecule has 0 heterocycles. The van der Waals surface area contributed by atoms with E-state index in [1.165, 1.54) is 18.2 Å². The zero-order valence-electron chi connectivity index (χ0n) is 19.3. The molecule has 1 unspecified atom stereocenters. The quantitative estimate of drug-likeness (QED) is 0.359. The Kier molecular flexibility index (Phi) is 7.84. The molecule has 0 aromatic heterocycles. The van der Waals surface area contributed by atoms with Gasteiger partial charge in [-0.15, -0.1) is 0 Å². The Bertz CT molecular complexity index is 1390. The lowest BCUT2D eigenvalue weighted by Crippen LogP contribution is -2.43. The number of carboxylic acids is 1. The molecule has 3 aromatic rings. The van der Waals surface area contributed by atoms with Crippen molar-refractivity contribution in [3.8, 4) is 11.1 Å². The summed E-state index contributed by atoms with van der Waals surface area (Å²) in [5.41, 5.74) is 3.97. The van der Waals surface area contributed by atoms with Gasteiger partial charge >= 0.3 is 5.97 Å². The number of aryl methyl sites for hydroxylation is 2. The Hall–Kier alpha value is -3.40. The van der Waals surface area contributed by atoms with Crippen LogP contribution in [0.15, 0.2) is 59.5 Å². The summed E-state index contributed by atoms with van der Waals surface area (Å²) >= 11 is 6.11. The Morgan fingerprint density at radius 1 is 1.00 bits per heavy atom. The van der Waals surface area contributed by atoms with E-state index >= 15 is 0 Å². The van der Waals surface area contributed by atoms with Crippen LogP contribution in [0.1, 0.15) is 27.0 Å². The van der Waals surface area contributed by atoms with E-state index in [0.717, 1.165) is 11.1 Å². The topological polar surface area (TPSA) is 133 Å². The van der Waals surface area contributed by atoms with E-state index in [-0.39, 0.29) is 10.5 Å². The minimum absolute atomic E-state index is 0.141. The second kappa shape index (κ2) is 10.5. The molecule has 8 nitrogen and oxygen atoms in total. The van der Waals surface area contributed by atoms with Gasteiger partial charge in [0.1, 0.15) is 0 Å². The monoisotopic (exact) mass is 516 g/mol. The summed E-state index contributed by atoms with van der Waals surface area (Å²) in [6, 6.07) is 13.4. The summed E-state index contributed by atoms with van der Waals surface area (Å²) in [5.74, 6) is -1.97. The first-order chi connectivity index (χ1) is 16.4. The highest BCUT2D eigenvalue weighted by Crippen LogP contribution is 2.31. The molecule has 0 aliphatic rings. The molecule has 0 radical (unpaired) electrons. The standard InChI is InChI=1S/C25H25ClN2O6S/c1-14-12-23(15(2)11-20(14)26)35(33,34)28-21-6-4-5-19(16(21)3)17-7-9-18(10-8-17)24(30)27-22(13-29)25(31)32/h4-12,22,28-29H,13H2,1-3H3,(H,27,30)(H,31,32). The molecule has 10 heteroatoms. The van der Waals surface area contributed by atoms with E-state index in [9.17, 15) is 18.0 Å². The molecular formula is C25H25ClN2O6S. The zero-order chi connectivity index (χ0) is 25.9. The SMILES string of the molecule is Cc1cc(S(=O)(=O)Nc2cccc(-c3ccc(C(=O)NC(CO)C(=O)O)cc3)c2C)c(C)cc1Cl. The van der Waals surface area contributed by atoms with Gasteiger partial charge in [0.05, 0.1) is 17.2 Å². The number of aliphatic hydroxyl groups is 1. The minimum Gasteiger partial charge on any atom is -0.480 e. The molecular weight excluding hydrogens is 492 g/mol. The van der Waals surface area contributed by atoms with Gasteiger partial charge in [0, 0.05) is 10.6 Å². The molecule has 1 atom stereocenters. The molecule has 0 saturated carbocycles. The molecule has 3 rings (SSSR count). The van der Waals surface area contributed by atoms with Crippen LogP contribution < -0.4 is 10.0 Å². The van der Waals surface area contributed by atoms with Crippen LogP contribution in [0.4, 0.5) is 5.69 Å². The van der Waals surface area contributed by atoms with Gasteiger partial charge < -0.3 is 15.5 Å². The van der Waals surface area contributed by atoms with E-state index in [4.69, 9.17) is 21.8 Å². The van der Waals surface area contributed by atoms with Crippen LogP contribution >= 0.6 is 11.6 Å². The highest BCUT2D eigenvalue weighted by atomic mass is 35.5. The van der Waals surface area contributed by atoms with Gasteiger partial charge in [0.15, 0.2) is 6.04 Å². The lowest BCUT2D eigenvalue weighted by Gasteiger charge is -2.16. The van der Waals surface area contributed by atoms with Gasteiger partial charge in [-0.25, -0.2) is 13.2 Å². The van der Waals surface area contributed by atoms with Crippen molar-refractivity contribution in [2.45, 2.75) is 31.7 Å². The van der Waals surface area contributed by atoms with Gasteiger partial charge in [-0.05, 0) is 78.9 Å². The first-order valence-corrected chi connectivity index (χ1v) is 12.4. The number of aliphatic carboxylic acids is 1. The fourth-order valence-electron chi connectivity index (χ4n) is 3.53. The molecule has 3 aromatic carbocycles. The molecule has 4 N–H and O–H groups in total. The van der Waals surface area contributed by atoms with Gasteiger partial charge in [0.2, 0.25) is 0 Å². The number of halogens is 1. The van der Waals surface area contributed by atoms with Crippen molar-refractivity contribution in [3.63, 3.8) is 0 Å². The van der Waals surface area contributed by atoms with Crippen molar-refractivity contribution in [3.05, 3.63) is 81.9 Å². The number of nitrogens with one attached hydrogen (secondary N) is 2. The number of amides is 1. The van der Waals surface area contributed by atoms with Crippen LogP contribution in [0.5, 0.6) is 0 Å². The fraction of sp³-hybridized carbons (Fsp3) is 0.200. The maximum Gasteiger partial charge on any atom is 0.328 e. The number of carboxylic acid groups (broad SMARTS) is 1. The highest BCUT2D eigenvalue weighted by Gasteiger charge is 2.21. The largest absolute Gasteiger partial charge is 0.480 e. The molecule has 0 aliphatic carbocycles. The van der Waals surface area contributed by atoms with Crippen molar-refractivity contribution < 1.29 is 28.2 Å². The second-order valence-electron chi connectivity index (χ2n) is 8.07. The predicted octanol–water partition coefficient (Wildman–Crippen LogP) is 3.91. The summed E-state index contributed by atoms with van der Waals surface area (Å²) in [6.07, 6.45) is 0. The van der Waals surface area contributed by atoms with Crippen LogP contribution in [-0.2, 0) is 14.8 Å². The van der Waals surface area contributed by atoms with Crippen LogP contribution in [0.2, 0.25) is 5.02 Å². The Morgan fingerprint density at radius 3 is 2.26 bits per heavy atom. The third-order valence-electron chi connectivity index (χ3n) is 5.57. The Morgan fingerprint density at radius 2 is 1.66 bits per heavy atom. The smallest absolute Gasteiger partial charge is 0.328 e. The van der Waals surface area contributed by atoms with E-state index in [2.05, 4.69) is 10.0 Å². The number of aliphatic hydroxyl groups excluding tert-OH is 1. The third-order valence-corrected chi connectivity index (χ3v) is 7.48. The Labute approximate surface area is 208 Å². The Balaban J connectivity index is 1.88. The number of benzene rings is 3. The van der Waals surface area contributed by atoms with Gasteiger partial charge in [-0.3, -0.25) is 9.52 Å². The molecule has 0 aliphatic heterocycles. The van der Waals surface area contributed by atoms with E-state index in [1.54, 1.807) is 51.1 Å². The van der Waals surface area contributed by atoms with Crippen LogP contribution in [0.3, 0.4) is 0 Å². The van der Waals surface area contributed by atoms with Crippen molar-refractivity contribution in [1.82, 2.24) is 5.32 Å². The second-order valence-corrected chi connectivity index (χ2v) is 10.1. The van der Waals surface area contributed by atoms with E-state index in [1.807, 2.05) is 6.07 Å². The first kappa shape index (κ1) is 26.2. The number of carbonyl (C=O) groups excluding carboxylic acids is 1. The maximum atomic E-state index is 13.1. The summed E-state index contributed by atoms with van der Waals surface area (Å²) in [4.78, 5) is 23.4. The minimum atomic E-state index is -3.87. The zero-order valence-corrected chi connectivity index (χ0v) is 20.9. The van der Waals surface area contributed by atoms with Gasteiger partial charge in [-0.2, -0.15) is 0 Å². The van der Waals surface area contributed by atoms with Crippen molar-refractivity contribution in [2.75, 3.05) is 11.3 Å². The number of anilines is 1. The molecule has 0 fully saturated rings. The average molecular weight is 517 g/mol. The first-order valence-electron chi connectivity index (χ1n) is 10.6. The molecule has 1 amide bonds. The molecule has 35 heavy (non-hydrogen) atoms. The van der Waals surface area contributed by atoms with E-state index in [0.29, 0.717) is 27.4 Å². The van der Waals surface area contributed by atoms with Gasteiger partial charge in [0.25, 0.3) is 15.9 Å². The number of hydrogen-bond acceptors (Lipinski definition) is 5. The van der Waals surface area contributed by atoms with Crippen molar-refractivity contribution in [1.29, 1.82) is 0 Å². The predicted molar refractivity (Wildman–Crippen MR) is 134 cm³/mol. The molecule has 0 spiro atoms. The summed E-state index contributed by atoms with van der Waals surface area (Å²) < 4.78 is 28.9. The molecule has 184 valence electrons. The van der Waals surface area contributed by atoms with Crippen molar-refractivity contribution in [2.24, 2.45) is 0 Å². The maximum absolute atomic E-state index is 13.1. The van der Waals surface area contributed by atoms with Crippen molar-refractivity contribution >= 4 is 39.2 Å². The number of hydrogen-bond donors (Lipinski definition) is 4. The van der Waals surface area contributed by atoms with E-state index < -0.39 is 34.5 Å². The average Bonchev–Trinajstić information content (AvgIpc) is 2.80. The number of rotatable bonds is 8. The van der Waals surface area contributed by atoms with Crippen LogP contribution in [0, 0.1) is 20.8 Å². The summed E-state index contributed by atoms with van der Waals surface area (Å²) in [7, 11) is -3.87. The summed E-state index contributed by atoms with van der Waals surface area (Å²) in [6.45, 7) is 4.48. The highest BCUT2D eigenvalue weighted by molar-refractivity contribution is 7.92. The normalized spacial score (nSPS) is 12.1. The lowest BCUT2D eigenvalue weighted by molar-refractivity contribution is -0.140. The lowest BCUT2D eigenvalue weighted by atomic mass is 9.98. The molecule has 0 saturated heterocycles.